The molecule has 252 valence electrons. The molecule has 0 unspecified atom stereocenters. The molecule has 2 heterocycles. The lowest BCUT2D eigenvalue weighted by molar-refractivity contribution is 1.07. The van der Waals surface area contributed by atoms with Gasteiger partial charge in [-0.25, -0.2) is 24.9 Å². The van der Waals surface area contributed by atoms with Gasteiger partial charge in [0.25, 0.3) is 0 Å². The molecular weight excluding hydrogens is 661 g/mol. The summed E-state index contributed by atoms with van der Waals surface area (Å²) in [7, 11) is 0. The van der Waals surface area contributed by atoms with Gasteiger partial charge in [-0.1, -0.05) is 164 Å². The van der Waals surface area contributed by atoms with Crippen molar-refractivity contribution < 1.29 is 0 Å². The summed E-state index contributed by atoms with van der Waals surface area (Å²) < 4.78 is 0. The molecule has 0 saturated heterocycles. The fourth-order valence-corrected chi connectivity index (χ4v) is 6.82. The van der Waals surface area contributed by atoms with E-state index in [1.54, 1.807) is 0 Å². The van der Waals surface area contributed by atoms with Crippen molar-refractivity contribution in [3.63, 3.8) is 0 Å². The summed E-state index contributed by atoms with van der Waals surface area (Å²) >= 11 is 0. The van der Waals surface area contributed by atoms with E-state index in [2.05, 4.69) is 54.6 Å². The first kappa shape index (κ1) is 32.3. The van der Waals surface area contributed by atoms with Gasteiger partial charge in [0.1, 0.15) is 0 Å². The fraction of sp³-hybridized carbons (Fsp3) is 0. The Balaban J connectivity index is 1.28. The molecule has 0 aliphatic heterocycles. The van der Waals surface area contributed by atoms with Gasteiger partial charge in [0.05, 0.1) is 22.8 Å². The van der Waals surface area contributed by atoms with Gasteiger partial charge in [0, 0.05) is 38.8 Å². The highest BCUT2D eigenvalue weighted by Crippen LogP contribution is 2.40. The Morgan fingerprint density at radius 2 is 0.852 bits per heavy atom. The van der Waals surface area contributed by atoms with Gasteiger partial charge in [-0.3, -0.25) is 0 Å². The van der Waals surface area contributed by atoms with Crippen molar-refractivity contribution in [1.29, 1.82) is 5.26 Å². The number of nitriles is 1. The van der Waals surface area contributed by atoms with Crippen LogP contribution in [0.5, 0.6) is 0 Å². The predicted octanol–water partition coefficient (Wildman–Crippen LogP) is 11.4. The van der Waals surface area contributed by atoms with Crippen molar-refractivity contribution in [2.24, 2.45) is 0 Å². The normalized spacial score (nSPS) is 10.9. The van der Waals surface area contributed by atoms with E-state index in [-0.39, 0.29) is 0 Å². The summed E-state index contributed by atoms with van der Waals surface area (Å²) in [6, 6.07) is 62.7. The molecule has 9 aromatic rings. The standard InChI is InChI=1S/C48H30N6/c49-31-36-22-10-11-24-38(36)39-29-28-35(30-42(39)48-53-45(33-18-6-2-7-19-33)52-46(54-48)34-20-8-3-9-21-34)37-23-12-13-25-40(37)47-50-43-27-15-14-26-41(43)44(51-47)32-16-4-1-5-17-32/h1-30H. The average molecular weight is 691 g/mol. The van der Waals surface area contributed by atoms with E-state index in [4.69, 9.17) is 24.9 Å². The summed E-state index contributed by atoms with van der Waals surface area (Å²) in [5.41, 5.74) is 10.3. The van der Waals surface area contributed by atoms with E-state index < -0.39 is 0 Å². The van der Waals surface area contributed by atoms with Crippen LogP contribution in [0.25, 0.3) is 90.0 Å². The van der Waals surface area contributed by atoms with Crippen molar-refractivity contribution in [3.05, 3.63) is 188 Å². The molecule has 0 radical (unpaired) electrons. The zero-order chi connectivity index (χ0) is 36.3. The molecule has 6 nitrogen and oxygen atoms in total. The lowest BCUT2D eigenvalue weighted by Gasteiger charge is -2.16. The number of benzene rings is 7. The van der Waals surface area contributed by atoms with Crippen molar-refractivity contribution in [3.8, 4) is 85.1 Å². The highest BCUT2D eigenvalue weighted by Gasteiger charge is 2.20. The maximum Gasteiger partial charge on any atom is 0.164 e. The van der Waals surface area contributed by atoms with Crippen LogP contribution in [-0.2, 0) is 0 Å². The number of hydrogen-bond donors (Lipinski definition) is 0. The van der Waals surface area contributed by atoms with Gasteiger partial charge in [-0.05, 0) is 34.9 Å². The Hall–Kier alpha value is -7.62. The van der Waals surface area contributed by atoms with Crippen molar-refractivity contribution >= 4 is 10.9 Å². The topological polar surface area (TPSA) is 88.2 Å². The van der Waals surface area contributed by atoms with Gasteiger partial charge in [0.15, 0.2) is 23.3 Å². The Bertz CT molecular complexity index is 2770. The average Bonchev–Trinajstić information content (AvgIpc) is 3.26. The number of para-hydroxylation sites is 1. The van der Waals surface area contributed by atoms with E-state index in [1.807, 2.05) is 133 Å². The molecule has 0 aliphatic carbocycles. The Morgan fingerprint density at radius 3 is 1.52 bits per heavy atom. The first-order valence-corrected chi connectivity index (χ1v) is 17.7. The van der Waals surface area contributed by atoms with E-state index in [9.17, 15) is 5.26 Å². The van der Waals surface area contributed by atoms with Gasteiger partial charge in [-0.2, -0.15) is 5.26 Å². The van der Waals surface area contributed by atoms with Crippen LogP contribution >= 0.6 is 0 Å². The number of fused-ring (bicyclic) bond motifs is 1. The summed E-state index contributed by atoms with van der Waals surface area (Å²) in [6.45, 7) is 0. The third kappa shape index (κ3) is 6.17. The molecule has 0 fully saturated rings. The van der Waals surface area contributed by atoms with Crippen molar-refractivity contribution in [2.45, 2.75) is 0 Å². The quantitative estimate of drug-likeness (QED) is 0.165. The second-order valence-electron chi connectivity index (χ2n) is 12.8. The van der Waals surface area contributed by atoms with Gasteiger partial charge < -0.3 is 0 Å². The highest BCUT2D eigenvalue weighted by molar-refractivity contribution is 5.95. The van der Waals surface area contributed by atoms with Gasteiger partial charge in [-0.15, -0.1) is 0 Å². The monoisotopic (exact) mass is 690 g/mol. The third-order valence-electron chi connectivity index (χ3n) is 9.43. The van der Waals surface area contributed by atoms with E-state index in [1.165, 1.54) is 0 Å². The molecule has 0 atom stereocenters. The number of nitrogens with zero attached hydrogens (tertiary/aromatic N) is 6. The molecule has 0 saturated carbocycles. The van der Waals surface area contributed by atoms with Gasteiger partial charge in [0.2, 0.25) is 0 Å². The first-order valence-electron chi connectivity index (χ1n) is 17.7. The number of rotatable bonds is 7. The summed E-state index contributed by atoms with van der Waals surface area (Å²) in [4.78, 5) is 25.5. The lowest BCUT2D eigenvalue weighted by Crippen LogP contribution is -2.02. The smallest absolute Gasteiger partial charge is 0.164 e. The molecule has 6 heteroatoms. The Morgan fingerprint density at radius 1 is 0.333 bits per heavy atom. The van der Waals surface area contributed by atoms with Crippen LogP contribution in [0.2, 0.25) is 0 Å². The van der Waals surface area contributed by atoms with Gasteiger partial charge >= 0.3 is 0 Å². The molecule has 0 amide bonds. The fourth-order valence-electron chi connectivity index (χ4n) is 6.82. The Kier molecular flexibility index (Phi) is 8.48. The van der Waals surface area contributed by atoms with Crippen molar-refractivity contribution in [1.82, 2.24) is 24.9 Å². The van der Waals surface area contributed by atoms with E-state index >= 15 is 0 Å². The van der Waals surface area contributed by atoms with Crippen molar-refractivity contribution in [2.75, 3.05) is 0 Å². The predicted molar refractivity (Wildman–Crippen MR) is 216 cm³/mol. The van der Waals surface area contributed by atoms with Crippen LogP contribution in [0.15, 0.2) is 182 Å². The molecule has 0 aliphatic rings. The summed E-state index contributed by atoms with van der Waals surface area (Å²) in [6.07, 6.45) is 0. The molecule has 0 N–H and O–H groups in total. The molecule has 7 aromatic carbocycles. The van der Waals surface area contributed by atoms with Crippen LogP contribution < -0.4 is 0 Å². The van der Waals surface area contributed by atoms with E-state index in [0.29, 0.717) is 28.9 Å². The minimum atomic E-state index is 0.498. The van der Waals surface area contributed by atoms with Crippen LogP contribution in [0.4, 0.5) is 0 Å². The van der Waals surface area contributed by atoms with Crippen LogP contribution in [-0.4, -0.2) is 24.9 Å². The molecule has 0 spiro atoms. The second kappa shape index (κ2) is 14.2. The van der Waals surface area contributed by atoms with Crippen LogP contribution in [0, 0.1) is 11.3 Å². The minimum Gasteiger partial charge on any atom is -0.228 e. The van der Waals surface area contributed by atoms with E-state index in [0.717, 1.165) is 66.7 Å². The zero-order valence-electron chi connectivity index (χ0n) is 29.0. The summed E-state index contributed by atoms with van der Waals surface area (Å²) in [5, 5.41) is 11.2. The molecular formula is C48H30N6. The number of aromatic nitrogens is 5. The van der Waals surface area contributed by atoms with Crippen LogP contribution in [0.3, 0.4) is 0 Å². The minimum absolute atomic E-state index is 0.498. The lowest BCUT2D eigenvalue weighted by atomic mass is 9.90. The maximum absolute atomic E-state index is 10.2. The second-order valence-corrected chi connectivity index (χ2v) is 12.8. The summed E-state index contributed by atoms with van der Waals surface area (Å²) in [5.74, 6) is 2.24. The third-order valence-corrected chi connectivity index (χ3v) is 9.43. The molecule has 0 bridgehead atoms. The first-order chi connectivity index (χ1) is 26.7. The largest absolute Gasteiger partial charge is 0.228 e. The van der Waals surface area contributed by atoms with Crippen LogP contribution in [0.1, 0.15) is 5.56 Å². The maximum atomic E-state index is 10.2. The molecule has 2 aromatic heterocycles. The number of hydrogen-bond acceptors (Lipinski definition) is 6. The molecule has 54 heavy (non-hydrogen) atoms. The SMILES string of the molecule is N#Cc1ccccc1-c1ccc(-c2ccccc2-c2nc(-c3ccccc3)c3ccccc3n2)cc1-c1nc(-c2ccccc2)nc(-c2ccccc2)n1. The molecule has 9 rings (SSSR count). The highest BCUT2D eigenvalue weighted by atomic mass is 15.0. The zero-order valence-corrected chi connectivity index (χ0v) is 29.0. The Labute approximate surface area is 312 Å².